The molecule has 0 aromatic rings. The van der Waals surface area contributed by atoms with Gasteiger partial charge < -0.3 is 15.5 Å². The van der Waals surface area contributed by atoms with E-state index in [9.17, 15) is 9.59 Å². The zero-order chi connectivity index (χ0) is 17.6. The topological polar surface area (TPSA) is 61.4 Å². The highest BCUT2D eigenvalue weighted by molar-refractivity contribution is 5.85. The van der Waals surface area contributed by atoms with Crippen molar-refractivity contribution in [2.45, 2.75) is 82.7 Å². The van der Waals surface area contributed by atoms with Crippen molar-refractivity contribution in [2.24, 2.45) is 11.8 Å². The van der Waals surface area contributed by atoms with Gasteiger partial charge in [0.15, 0.2) is 0 Å². The van der Waals surface area contributed by atoms with E-state index in [1.54, 1.807) is 0 Å². The molecule has 1 aliphatic heterocycles. The molecule has 150 valence electrons. The van der Waals surface area contributed by atoms with Gasteiger partial charge in [-0.15, -0.1) is 12.4 Å². The van der Waals surface area contributed by atoms with Crippen LogP contribution in [0.3, 0.4) is 0 Å². The maximum Gasteiger partial charge on any atom is 0.225 e. The fourth-order valence-corrected chi connectivity index (χ4v) is 4.89. The molecule has 26 heavy (non-hydrogen) atoms. The second kappa shape index (κ2) is 10.5. The predicted octanol–water partition coefficient (Wildman–Crippen LogP) is 2.87. The Balaban J connectivity index is 0.00000243. The molecule has 0 bridgehead atoms. The summed E-state index contributed by atoms with van der Waals surface area (Å²) in [4.78, 5) is 27.0. The normalized spacial score (nSPS) is 27.8. The van der Waals surface area contributed by atoms with E-state index >= 15 is 0 Å². The Morgan fingerprint density at radius 2 is 1.50 bits per heavy atom. The van der Waals surface area contributed by atoms with Crippen LogP contribution < -0.4 is 10.6 Å². The number of nitrogens with zero attached hydrogens (tertiary/aromatic N) is 1. The Bertz CT molecular complexity index is 452. The van der Waals surface area contributed by atoms with Gasteiger partial charge in [0.05, 0.1) is 0 Å². The standard InChI is InChI=1S/C20H35N3O2.ClH/c1-21-17-10-12-23(13-11-17)20(25)16-6-8-18(9-7-16)22-19(24)14-15-4-2-3-5-15;/h15-18,21H,2-14H2,1H3,(H,22,24);1H. The van der Waals surface area contributed by atoms with E-state index in [0.29, 0.717) is 24.3 Å². The number of likely N-dealkylation sites (tertiary alicyclic amines) is 1. The highest BCUT2D eigenvalue weighted by Gasteiger charge is 2.32. The van der Waals surface area contributed by atoms with Crippen LogP contribution in [0.15, 0.2) is 0 Å². The molecule has 6 heteroatoms. The summed E-state index contributed by atoms with van der Waals surface area (Å²) in [6.45, 7) is 1.78. The third kappa shape index (κ3) is 5.85. The van der Waals surface area contributed by atoms with E-state index in [0.717, 1.165) is 51.6 Å². The first kappa shape index (κ1) is 21.5. The van der Waals surface area contributed by atoms with Gasteiger partial charge in [-0.05, 0) is 64.3 Å². The number of hydrogen-bond acceptors (Lipinski definition) is 3. The van der Waals surface area contributed by atoms with E-state index in [1.165, 1.54) is 25.7 Å². The molecule has 0 aromatic carbocycles. The summed E-state index contributed by atoms with van der Waals surface area (Å²) in [5.41, 5.74) is 0. The largest absolute Gasteiger partial charge is 0.353 e. The fraction of sp³-hybridized carbons (Fsp3) is 0.900. The lowest BCUT2D eigenvalue weighted by Gasteiger charge is -2.36. The first-order valence-corrected chi connectivity index (χ1v) is 10.4. The van der Waals surface area contributed by atoms with Gasteiger partial charge >= 0.3 is 0 Å². The van der Waals surface area contributed by atoms with E-state index in [4.69, 9.17) is 0 Å². The Hall–Kier alpha value is -0.810. The number of carbonyl (C=O) groups excluding carboxylic acids is 2. The fourth-order valence-electron chi connectivity index (χ4n) is 4.89. The van der Waals surface area contributed by atoms with E-state index < -0.39 is 0 Å². The predicted molar refractivity (Wildman–Crippen MR) is 106 cm³/mol. The molecular formula is C20H36ClN3O2. The minimum absolute atomic E-state index is 0. The van der Waals surface area contributed by atoms with Crippen LogP contribution in [0, 0.1) is 11.8 Å². The quantitative estimate of drug-likeness (QED) is 0.764. The minimum atomic E-state index is 0. The summed E-state index contributed by atoms with van der Waals surface area (Å²) in [6, 6.07) is 0.850. The molecule has 0 spiro atoms. The summed E-state index contributed by atoms with van der Waals surface area (Å²) < 4.78 is 0. The number of hydrogen-bond donors (Lipinski definition) is 2. The van der Waals surface area contributed by atoms with Crippen molar-refractivity contribution in [1.29, 1.82) is 0 Å². The zero-order valence-electron chi connectivity index (χ0n) is 16.2. The maximum atomic E-state index is 12.7. The lowest BCUT2D eigenvalue weighted by molar-refractivity contribution is -0.137. The van der Waals surface area contributed by atoms with Crippen molar-refractivity contribution >= 4 is 24.2 Å². The van der Waals surface area contributed by atoms with Gasteiger partial charge in [-0.3, -0.25) is 9.59 Å². The van der Waals surface area contributed by atoms with Crippen molar-refractivity contribution in [1.82, 2.24) is 15.5 Å². The van der Waals surface area contributed by atoms with Crippen molar-refractivity contribution in [3.63, 3.8) is 0 Å². The second-order valence-corrected chi connectivity index (χ2v) is 8.36. The number of nitrogens with one attached hydrogen (secondary N) is 2. The Morgan fingerprint density at radius 1 is 0.885 bits per heavy atom. The Labute approximate surface area is 164 Å². The van der Waals surface area contributed by atoms with Crippen LogP contribution >= 0.6 is 12.4 Å². The second-order valence-electron chi connectivity index (χ2n) is 8.36. The summed E-state index contributed by atoms with van der Waals surface area (Å²) in [7, 11) is 2.00. The molecule has 1 heterocycles. The molecule has 2 amide bonds. The molecule has 2 saturated carbocycles. The van der Waals surface area contributed by atoms with Gasteiger partial charge in [0, 0.05) is 37.5 Å². The highest BCUT2D eigenvalue weighted by Crippen LogP contribution is 2.29. The number of rotatable bonds is 5. The van der Waals surface area contributed by atoms with Crippen LogP contribution in [-0.2, 0) is 9.59 Å². The van der Waals surface area contributed by atoms with Gasteiger partial charge in [0.2, 0.25) is 11.8 Å². The van der Waals surface area contributed by atoms with Crippen LogP contribution in [0.25, 0.3) is 0 Å². The minimum Gasteiger partial charge on any atom is -0.353 e. The summed E-state index contributed by atoms with van der Waals surface area (Å²) in [5, 5.41) is 6.54. The van der Waals surface area contributed by atoms with E-state index in [2.05, 4.69) is 15.5 Å². The van der Waals surface area contributed by atoms with E-state index in [-0.39, 0.29) is 30.3 Å². The molecule has 0 atom stereocenters. The first-order chi connectivity index (χ1) is 12.2. The van der Waals surface area contributed by atoms with Crippen LogP contribution in [0.2, 0.25) is 0 Å². The van der Waals surface area contributed by atoms with Gasteiger partial charge in [-0.1, -0.05) is 12.8 Å². The smallest absolute Gasteiger partial charge is 0.225 e. The average Bonchev–Trinajstić information content (AvgIpc) is 3.14. The molecule has 3 fully saturated rings. The number of halogens is 1. The molecule has 2 N–H and O–H groups in total. The van der Waals surface area contributed by atoms with Gasteiger partial charge in [0.1, 0.15) is 0 Å². The maximum absolute atomic E-state index is 12.7. The molecule has 5 nitrogen and oxygen atoms in total. The Kier molecular flexibility index (Phi) is 8.68. The molecule has 1 saturated heterocycles. The molecule has 0 radical (unpaired) electrons. The third-order valence-corrected chi connectivity index (χ3v) is 6.61. The lowest BCUT2D eigenvalue weighted by atomic mass is 9.84. The van der Waals surface area contributed by atoms with Crippen LogP contribution in [0.4, 0.5) is 0 Å². The average molecular weight is 386 g/mol. The molecule has 0 aromatic heterocycles. The van der Waals surface area contributed by atoms with Crippen LogP contribution in [0.1, 0.15) is 70.6 Å². The number of piperidine rings is 1. The van der Waals surface area contributed by atoms with Crippen LogP contribution in [0.5, 0.6) is 0 Å². The molecule has 3 rings (SSSR count). The summed E-state index contributed by atoms with van der Waals surface area (Å²) in [5.74, 6) is 1.37. The van der Waals surface area contributed by atoms with Crippen molar-refractivity contribution in [2.75, 3.05) is 20.1 Å². The molecule has 3 aliphatic rings. The monoisotopic (exact) mass is 385 g/mol. The van der Waals surface area contributed by atoms with Gasteiger partial charge in [-0.25, -0.2) is 0 Å². The van der Waals surface area contributed by atoms with Gasteiger partial charge in [-0.2, -0.15) is 0 Å². The highest BCUT2D eigenvalue weighted by atomic mass is 35.5. The van der Waals surface area contributed by atoms with Crippen molar-refractivity contribution in [3.8, 4) is 0 Å². The van der Waals surface area contributed by atoms with Gasteiger partial charge in [0.25, 0.3) is 0 Å². The molecule has 0 unspecified atom stereocenters. The zero-order valence-corrected chi connectivity index (χ0v) is 17.0. The van der Waals surface area contributed by atoms with Crippen molar-refractivity contribution in [3.05, 3.63) is 0 Å². The molecular weight excluding hydrogens is 350 g/mol. The van der Waals surface area contributed by atoms with E-state index in [1.807, 2.05) is 7.05 Å². The first-order valence-electron chi connectivity index (χ1n) is 10.4. The summed E-state index contributed by atoms with van der Waals surface area (Å²) in [6.07, 6.45) is 11.6. The number of amides is 2. The van der Waals surface area contributed by atoms with Crippen LogP contribution in [-0.4, -0.2) is 48.9 Å². The number of carbonyl (C=O) groups is 2. The Morgan fingerprint density at radius 3 is 2.08 bits per heavy atom. The van der Waals surface area contributed by atoms with Crippen molar-refractivity contribution < 1.29 is 9.59 Å². The third-order valence-electron chi connectivity index (χ3n) is 6.61. The SMILES string of the molecule is CNC1CCN(C(=O)C2CCC(NC(=O)CC3CCCC3)CC2)CC1.Cl. The lowest BCUT2D eigenvalue weighted by Crippen LogP contribution is -2.47. The summed E-state index contributed by atoms with van der Waals surface area (Å²) >= 11 is 0. The molecule has 2 aliphatic carbocycles.